The summed E-state index contributed by atoms with van der Waals surface area (Å²) in [6, 6.07) is 26.0. The average molecular weight is 396 g/mol. The normalized spacial score (nSPS) is 17.1. The summed E-state index contributed by atoms with van der Waals surface area (Å²) in [4.78, 5) is 19.7. The van der Waals surface area contributed by atoms with Crippen molar-refractivity contribution in [1.82, 2.24) is 4.90 Å². The van der Waals surface area contributed by atoms with Crippen LogP contribution in [-0.4, -0.2) is 35.4 Å². The van der Waals surface area contributed by atoms with Crippen LogP contribution < -0.4 is 11.1 Å². The van der Waals surface area contributed by atoms with Crippen LogP contribution in [0.3, 0.4) is 0 Å². The molecular formula is C25H24N4O. The number of carbonyl (C=O) groups is 1. The van der Waals surface area contributed by atoms with Crippen LogP contribution in [0.15, 0.2) is 83.9 Å². The zero-order chi connectivity index (χ0) is 20.6. The zero-order valence-corrected chi connectivity index (χ0v) is 16.7. The van der Waals surface area contributed by atoms with Gasteiger partial charge in [0.25, 0.3) is 5.91 Å². The summed E-state index contributed by atoms with van der Waals surface area (Å²) >= 11 is 0. The number of rotatable bonds is 2. The molecule has 3 aromatic carbocycles. The minimum Gasteiger partial charge on any atom is -0.383 e. The molecule has 0 atom stereocenters. The van der Waals surface area contributed by atoms with Gasteiger partial charge in [0, 0.05) is 42.7 Å². The van der Waals surface area contributed by atoms with Crippen LogP contribution in [0.2, 0.25) is 0 Å². The van der Waals surface area contributed by atoms with E-state index in [1.54, 1.807) is 0 Å². The third kappa shape index (κ3) is 3.32. The minimum absolute atomic E-state index is 0.0672. The Labute approximate surface area is 176 Å². The van der Waals surface area contributed by atoms with Crippen LogP contribution in [0.5, 0.6) is 0 Å². The number of carbonyl (C=O) groups excluding carboxylic acids is 1. The Morgan fingerprint density at radius 2 is 1.50 bits per heavy atom. The van der Waals surface area contributed by atoms with E-state index in [9.17, 15) is 4.79 Å². The highest BCUT2D eigenvalue weighted by Crippen LogP contribution is 2.34. The van der Waals surface area contributed by atoms with Crippen LogP contribution in [0.4, 0.5) is 5.69 Å². The molecule has 150 valence electrons. The number of nitrogens with one attached hydrogen (secondary N) is 1. The summed E-state index contributed by atoms with van der Waals surface area (Å²) in [5.41, 5.74) is 10.7. The average Bonchev–Trinajstić information content (AvgIpc) is 2.80. The maximum absolute atomic E-state index is 13.0. The summed E-state index contributed by atoms with van der Waals surface area (Å²) in [5, 5.41) is 3.56. The number of piperidine rings is 1. The molecule has 5 heteroatoms. The number of nitrogens with zero attached hydrogens (tertiary/aromatic N) is 2. The number of hydrogen-bond donors (Lipinski definition) is 2. The molecule has 1 spiro atoms. The van der Waals surface area contributed by atoms with Gasteiger partial charge in [-0.25, -0.2) is 4.99 Å². The molecule has 0 unspecified atom stereocenters. The summed E-state index contributed by atoms with van der Waals surface area (Å²) < 4.78 is 0. The quantitative estimate of drug-likeness (QED) is 0.685. The number of para-hydroxylation sites is 1. The highest BCUT2D eigenvalue weighted by Gasteiger charge is 2.38. The number of nitrogens with two attached hydrogens (primary N) is 1. The molecule has 2 heterocycles. The SMILES string of the molecule is NC1=NC2(CCN(C(=O)c3ccc(-c4ccccc4)cc3)CC2)Nc2ccccc21. The predicted molar refractivity (Wildman–Crippen MR) is 121 cm³/mol. The first-order chi connectivity index (χ1) is 14.6. The lowest BCUT2D eigenvalue weighted by atomic mass is 9.93. The third-order valence-corrected chi connectivity index (χ3v) is 6.02. The second-order valence-corrected chi connectivity index (χ2v) is 7.93. The molecule has 0 aliphatic carbocycles. The standard InChI is InChI=1S/C25H24N4O/c26-23-21-8-4-5-9-22(21)27-25(28-23)14-16-29(17-15-25)24(30)20-12-10-19(11-13-20)18-6-2-1-3-7-18/h1-13,27H,14-17H2,(H2,26,28). The number of fused-ring (bicyclic) bond motifs is 1. The molecule has 5 rings (SSSR count). The van der Waals surface area contributed by atoms with Crippen LogP contribution in [0.25, 0.3) is 11.1 Å². The van der Waals surface area contributed by atoms with Gasteiger partial charge in [-0.05, 0) is 35.4 Å². The fraction of sp³-hybridized carbons (Fsp3) is 0.200. The number of amidine groups is 1. The Morgan fingerprint density at radius 1 is 0.867 bits per heavy atom. The van der Waals surface area contributed by atoms with Crippen molar-refractivity contribution in [1.29, 1.82) is 0 Å². The van der Waals surface area contributed by atoms with Gasteiger partial charge in [-0.2, -0.15) is 0 Å². The lowest BCUT2D eigenvalue weighted by Gasteiger charge is -2.42. The molecule has 3 aromatic rings. The molecule has 1 fully saturated rings. The molecule has 5 nitrogen and oxygen atoms in total. The molecule has 1 saturated heterocycles. The van der Waals surface area contributed by atoms with E-state index in [4.69, 9.17) is 10.7 Å². The van der Waals surface area contributed by atoms with E-state index in [2.05, 4.69) is 17.4 Å². The Balaban J connectivity index is 1.28. The molecule has 0 radical (unpaired) electrons. The van der Waals surface area contributed by atoms with Gasteiger partial charge in [0.15, 0.2) is 0 Å². The minimum atomic E-state index is -0.424. The highest BCUT2D eigenvalue weighted by molar-refractivity contribution is 6.04. The molecular weight excluding hydrogens is 372 g/mol. The monoisotopic (exact) mass is 396 g/mol. The first kappa shape index (κ1) is 18.4. The topological polar surface area (TPSA) is 70.7 Å². The van der Waals surface area contributed by atoms with Crippen molar-refractivity contribution in [3.05, 3.63) is 90.0 Å². The Hall–Kier alpha value is -3.60. The smallest absolute Gasteiger partial charge is 0.253 e. The van der Waals surface area contributed by atoms with Crippen LogP contribution in [0, 0.1) is 0 Å². The molecule has 0 bridgehead atoms. The van der Waals surface area contributed by atoms with Crippen molar-refractivity contribution in [2.45, 2.75) is 18.5 Å². The van der Waals surface area contributed by atoms with Gasteiger partial charge < -0.3 is 16.0 Å². The maximum atomic E-state index is 13.0. The van der Waals surface area contributed by atoms with Crippen molar-refractivity contribution < 1.29 is 4.79 Å². The Morgan fingerprint density at radius 3 is 2.23 bits per heavy atom. The van der Waals surface area contributed by atoms with Gasteiger partial charge in [-0.15, -0.1) is 0 Å². The van der Waals surface area contributed by atoms with Gasteiger partial charge in [0.1, 0.15) is 11.5 Å². The second kappa shape index (κ2) is 7.34. The van der Waals surface area contributed by atoms with Crippen molar-refractivity contribution in [3.63, 3.8) is 0 Å². The first-order valence-electron chi connectivity index (χ1n) is 10.3. The molecule has 1 amide bonds. The molecule has 0 aromatic heterocycles. The molecule has 30 heavy (non-hydrogen) atoms. The Bertz CT molecular complexity index is 1100. The fourth-order valence-corrected chi connectivity index (χ4v) is 4.32. The largest absolute Gasteiger partial charge is 0.383 e. The van der Waals surface area contributed by atoms with Crippen LogP contribution in [-0.2, 0) is 0 Å². The molecule has 3 N–H and O–H groups in total. The van der Waals surface area contributed by atoms with Gasteiger partial charge >= 0.3 is 0 Å². The lowest BCUT2D eigenvalue weighted by molar-refractivity contribution is 0.0685. The second-order valence-electron chi connectivity index (χ2n) is 7.93. The van der Waals surface area contributed by atoms with E-state index < -0.39 is 5.66 Å². The van der Waals surface area contributed by atoms with Crippen molar-refractivity contribution in [3.8, 4) is 11.1 Å². The number of anilines is 1. The maximum Gasteiger partial charge on any atom is 0.253 e. The highest BCUT2D eigenvalue weighted by atomic mass is 16.2. The van der Waals surface area contributed by atoms with Crippen molar-refractivity contribution in [2.24, 2.45) is 10.7 Å². The number of benzene rings is 3. The molecule has 2 aliphatic heterocycles. The predicted octanol–water partition coefficient (Wildman–Crippen LogP) is 4.12. The summed E-state index contributed by atoms with van der Waals surface area (Å²) in [6.07, 6.45) is 1.46. The fourth-order valence-electron chi connectivity index (χ4n) is 4.32. The van der Waals surface area contributed by atoms with E-state index in [0.717, 1.165) is 40.8 Å². The van der Waals surface area contributed by atoms with Crippen molar-refractivity contribution in [2.75, 3.05) is 18.4 Å². The van der Waals surface area contributed by atoms with Gasteiger partial charge in [0.2, 0.25) is 0 Å². The van der Waals surface area contributed by atoms with Crippen LogP contribution >= 0.6 is 0 Å². The Kier molecular flexibility index (Phi) is 4.51. The number of amides is 1. The van der Waals surface area contributed by atoms with E-state index in [0.29, 0.717) is 18.9 Å². The number of aliphatic imine (C=N–C) groups is 1. The van der Waals surface area contributed by atoms with E-state index in [1.807, 2.05) is 71.6 Å². The third-order valence-electron chi connectivity index (χ3n) is 6.02. The lowest BCUT2D eigenvalue weighted by Crippen LogP contribution is -2.52. The molecule has 0 saturated carbocycles. The van der Waals surface area contributed by atoms with E-state index >= 15 is 0 Å². The van der Waals surface area contributed by atoms with Crippen molar-refractivity contribution >= 4 is 17.4 Å². The van der Waals surface area contributed by atoms with Gasteiger partial charge in [-0.3, -0.25) is 4.79 Å². The van der Waals surface area contributed by atoms with Crippen LogP contribution in [0.1, 0.15) is 28.8 Å². The number of hydrogen-bond acceptors (Lipinski definition) is 4. The van der Waals surface area contributed by atoms with Gasteiger partial charge in [0.05, 0.1) is 0 Å². The zero-order valence-electron chi connectivity index (χ0n) is 16.7. The first-order valence-corrected chi connectivity index (χ1v) is 10.3. The van der Waals surface area contributed by atoms with E-state index in [-0.39, 0.29) is 5.91 Å². The van der Waals surface area contributed by atoms with E-state index in [1.165, 1.54) is 0 Å². The molecule has 2 aliphatic rings. The number of likely N-dealkylation sites (tertiary alicyclic amines) is 1. The summed E-state index contributed by atoms with van der Waals surface area (Å²) in [6.45, 7) is 1.29. The summed E-state index contributed by atoms with van der Waals surface area (Å²) in [5.74, 6) is 0.637. The van der Waals surface area contributed by atoms with Gasteiger partial charge in [-0.1, -0.05) is 54.6 Å². The summed E-state index contributed by atoms with van der Waals surface area (Å²) in [7, 11) is 0.